The van der Waals surface area contributed by atoms with Crippen molar-refractivity contribution in [3.8, 4) is 0 Å². The monoisotopic (exact) mass is 312 g/mol. The van der Waals surface area contributed by atoms with Crippen LogP contribution in [-0.4, -0.2) is 48.8 Å². The second kappa shape index (κ2) is 8.33. The molecular formula is C15H21FN2O4. The molecule has 2 N–H and O–H groups in total. The first-order valence-electron chi connectivity index (χ1n) is 6.86. The number of amides is 2. The van der Waals surface area contributed by atoms with Crippen LogP contribution < -0.4 is 5.32 Å². The summed E-state index contributed by atoms with van der Waals surface area (Å²) < 4.78 is 18.3. The van der Waals surface area contributed by atoms with Gasteiger partial charge in [0.15, 0.2) is 0 Å². The molecule has 2 amide bonds. The summed E-state index contributed by atoms with van der Waals surface area (Å²) in [7, 11) is 3.02. The maximum atomic E-state index is 13.0. The number of hydrogen-bond acceptors (Lipinski definition) is 3. The molecule has 122 valence electrons. The van der Waals surface area contributed by atoms with Gasteiger partial charge in [-0.05, 0) is 24.6 Å². The zero-order chi connectivity index (χ0) is 16.7. The van der Waals surface area contributed by atoms with Crippen molar-refractivity contribution < 1.29 is 23.8 Å². The minimum atomic E-state index is -0.964. The van der Waals surface area contributed by atoms with E-state index >= 15 is 0 Å². The molecule has 1 aromatic carbocycles. The lowest BCUT2D eigenvalue weighted by atomic mass is 10.0. The largest absolute Gasteiger partial charge is 0.481 e. The second-order valence-corrected chi connectivity index (χ2v) is 5.01. The number of carboxylic acids is 1. The number of halogens is 1. The number of urea groups is 1. The summed E-state index contributed by atoms with van der Waals surface area (Å²) in [5, 5.41) is 11.4. The molecule has 0 spiro atoms. The van der Waals surface area contributed by atoms with Crippen LogP contribution in [0.3, 0.4) is 0 Å². The van der Waals surface area contributed by atoms with Gasteiger partial charge < -0.3 is 20.1 Å². The number of nitrogens with one attached hydrogen (secondary N) is 1. The molecule has 0 saturated heterocycles. The third-order valence-corrected chi connectivity index (χ3v) is 3.27. The number of benzene rings is 1. The predicted octanol–water partition coefficient (Wildman–Crippen LogP) is 2.02. The van der Waals surface area contributed by atoms with E-state index in [0.29, 0.717) is 0 Å². The highest BCUT2D eigenvalue weighted by molar-refractivity contribution is 5.75. The van der Waals surface area contributed by atoms with Crippen molar-refractivity contribution in [2.24, 2.45) is 0 Å². The van der Waals surface area contributed by atoms with Crippen molar-refractivity contribution in [3.63, 3.8) is 0 Å². The van der Waals surface area contributed by atoms with E-state index in [0.717, 1.165) is 5.56 Å². The van der Waals surface area contributed by atoms with Gasteiger partial charge in [-0.15, -0.1) is 0 Å². The average Bonchev–Trinajstić information content (AvgIpc) is 2.47. The topological polar surface area (TPSA) is 78.9 Å². The molecule has 1 rings (SSSR count). The Morgan fingerprint density at radius 3 is 2.45 bits per heavy atom. The van der Waals surface area contributed by atoms with Gasteiger partial charge in [-0.1, -0.05) is 12.1 Å². The van der Waals surface area contributed by atoms with Crippen LogP contribution in [-0.2, 0) is 9.53 Å². The van der Waals surface area contributed by atoms with Crippen LogP contribution >= 0.6 is 0 Å². The lowest BCUT2D eigenvalue weighted by molar-refractivity contribution is -0.137. The number of carbonyl (C=O) groups is 2. The van der Waals surface area contributed by atoms with Gasteiger partial charge in [0.2, 0.25) is 0 Å². The molecule has 0 saturated carbocycles. The van der Waals surface area contributed by atoms with Crippen molar-refractivity contribution in [1.82, 2.24) is 10.2 Å². The maximum Gasteiger partial charge on any atom is 0.317 e. The Kier molecular flexibility index (Phi) is 6.78. The first-order chi connectivity index (χ1) is 10.3. The molecule has 7 heteroatoms. The Morgan fingerprint density at radius 1 is 1.36 bits per heavy atom. The number of nitrogens with zero attached hydrogens (tertiary/aromatic N) is 1. The number of rotatable bonds is 7. The van der Waals surface area contributed by atoms with E-state index in [2.05, 4.69) is 5.32 Å². The number of methoxy groups -OCH3 is 1. The fourth-order valence-corrected chi connectivity index (χ4v) is 2.03. The minimum Gasteiger partial charge on any atom is -0.481 e. The van der Waals surface area contributed by atoms with Crippen molar-refractivity contribution in [2.75, 3.05) is 20.7 Å². The molecule has 0 aliphatic heterocycles. The van der Waals surface area contributed by atoms with Gasteiger partial charge >= 0.3 is 12.0 Å². The highest BCUT2D eigenvalue weighted by atomic mass is 19.1. The van der Waals surface area contributed by atoms with Crippen molar-refractivity contribution >= 4 is 12.0 Å². The summed E-state index contributed by atoms with van der Waals surface area (Å²) in [4.78, 5) is 23.8. The van der Waals surface area contributed by atoms with Crippen LogP contribution in [0.1, 0.15) is 25.0 Å². The number of ether oxygens (including phenoxy) is 1. The summed E-state index contributed by atoms with van der Waals surface area (Å²) in [6, 6.07) is 5.10. The van der Waals surface area contributed by atoms with Crippen LogP contribution in [0.5, 0.6) is 0 Å². The second-order valence-electron chi connectivity index (χ2n) is 5.01. The number of hydrogen-bond donors (Lipinski definition) is 2. The summed E-state index contributed by atoms with van der Waals surface area (Å²) in [5.74, 6) is -1.31. The predicted molar refractivity (Wildman–Crippen MR) is 79.0 cm³/mol. The average molecular weight is 312 g/mol. The molecule has 22 heavy (non-hydrogen) atoms. The van der Waals surface area contributed by atoms with Crippen molar-refractivity contribution in [2.45, 2.75) is 25.5 Å². The highest BCUT2D eigenvalue weighted by Gasteiger charge is 2.22. The van der Waals surface area contributed by atoms with Crippen molar-refractivity contribution in [1.29, 1.82) is 0 Å². The summed E-state index contributed by atoms with van der Waals surface area (Å²) in [6.45, 7) is 1.88. The molecular weight excluding hydrogens is 291 g/mol. The molecule has 0 radical (unpaired) electrons. The zero-order valence-corrected chi connectivity index (χ0v) is 12.9. The number of carbonyl (C=O) groups excluding carboxylic acids is 1. The normalized spacial score (nSPS) is 13.3. The Bertz CT molecular complexity index is 507. The Morgan fingerprint density at radius 2 is 1.95 bits per heavy atom. The summed E-state index contributed by atoms with van der Waals surface area (Å²) >= 11 is 0. The third kappa shape index (κ3) is 5.33. The lowest BCUT2D eigenvalue weighted by Gasteiger charge is -2.26. The van der Waals surface area contributed by atoms with Crippen LogP contribution in [0, 0.1) is 5.82 Å². The lowest BCUT2D eigenvalue weighted by Crippen LogP contribution is -2.45. The number of carboxylic acid groups (broad SMARTS) is 1. The number of aliphatic carboxylic acids is 1. The van der Waals surface area contributed by atoms with E-state index in [1.165, 1.54) is 31.2 Å². The van der Waals surface area contributed by atoms with E-state index in [4.69, 9.17) is 9.84 Å². The Hall–Kier alpha value is -2.15. The third-order valence-electron chi connectivity index (χ3n) is 3.27. The molecule has 0 aliphatic carbocycles. The van der Waals surface area contributed by atoms with Crippen LogP contribution in [0.2, 0.25) is 0 Å². The van der Waals surface area contributed by atoms with E-state index in [1.54, 1.807) is 19.1 Å². The van der Waals surface area contributed by atoms with E-state index in [1.807, 2.05) is 0 Å². The molecule has 0 aromatic heterocycles. The summed E-state index contributed by atoms with van der Waals surface area (Å²) in [6.07, 6.45) is -0.554. The van der Waals surface area contributed by atoms with Crippen LogP contribution in [0.4, 0.5) is 9.18 Å². The van der Waals surface area contributed by atoms with E-state index in [9.17, 15) is 14.0 Å². The molecule has 1 aromatic rings. The smallest absolute Gasteiger partial charge is 0.317 e. The fraction of sp³-hybridized carbons (Fsp3) is 0.467. The highest BCUT2D eigenvalue weighted by Crippen LogP contribution is 2.21. The van der Waals surface area contributed by atoms with Gasteiger partial charge in [-0.2, -0.15) is 0 Å². The quantitative estimate of drug-likeness (QED) is 0.807. The molecule has 0 bridgehead atoms. The fourth-order valence-electron chi connectivity index (χ4n) is 2.03. The van der Waals surface area contributed by atoms with Gasteiger partial charge in [0, 0.05) is 20.7 Å². The van der Waals surface area contributed by atoms with Crippen LogP contribution in [0.25, 0.3) is 0 Å². The van der Waals surface area contributed by atoms with Gasteiger partial charge in [-0.25, -0.2) is 9.18 Å². The first kappa shape index (κ1) is 17.9. The maximum absolute atomic E-state index is 13.0. The van der Waals surface area contributed by atoms with E-state index in [-0.39, 0.29) is 24.8 Å². The van der Waals surface area contributed by atoms with Crippen LogP contribution in [0.15, 0.2) is 24.3 Å². The van der Waals surface area contributed by atoms with Gasteiger partial charge in [0.25, 0.3) is 0 Å². The minimum absolute atomic E-state index is 0.113. The van der Waals surface area contributed by atoms with Crippen molar-refractivity contribution in [3.05, 3.63) is 35.6 Å². The SMILES string of the molecule is COC(c1ccc(F)cc1)C(C)NC(=O)N(C)CCC(=O)O. The van der Waals surface area contributed by atoms with Gasteiger partial charge in [0.05, 0.1) is 12.5 Å². The first-order valence-corrected chi connectivity index (χ1v) is 6.86. The van der Waals surface area contributed by atoms with E-state index < -0.39 is 18.1 Å². The van der Waals surface area contributed by atoms with Gasteiger partial charge in [-0.3, -0.25) is 4.79 Å². The molecule has 0 heterocycles. The zero-order valence-electron chi connectivity index (χ0n) is 12.9. The molecule has 0 aliphatic rings. The Labute approximate surface area is 128 Å². The van der Waals surface area contributed by atoms with Gasteiger partial charge in [0.1, 0.15) is 11.9 Å². The molecule has 0 fully saturated rings. The Balaban J connectivity index is 2.64. The summed E-state index contributed by atoms with van der Waals surface area (Å²) in [5.41, 5.74) is 0.741. The molecule has 2 unspecified atom stereocenters. The molecule has 6 nitrogen and oxygen atoms in total. The molecule has 2 atom stereocenters. The standard InChI is InChI=1S/C15H21FN2O4/c1-10(17-15(21)18(2)9-8-13(19)20)14(22-3)11-4-6-12(16)7-5-11/h4-7,10,14H,8-9H2,1-3H3,(H,17,21)(H,19,20).